The van der Waals surface area contributed by atoms with E-state index in [1.165, 1.54) is 6.33 Å². The van der Waals surface area contributed by atoms with E-state index in [1.54, 1.807) is 7.11 Å². The van der Waals surface area contributed by atoms with Crippen LogP contribution >= 0.6 is 11.6 Å². The van der Waals surface area contributed by atoms with Gasteiger partial charge in [0.05, 0.1) is 7.11 Å². The maximum absolute atomic E-state index is 5.95. The van der Waals surface area contributed by atoms with Crippen molar-refractivity contribution in [3.8, 4) is 5.75 Å². The Labute approximate surface area is 117 Å². The molecule has 2 rings (SSSR count). The zero-order valence-corrected chi connectivity index (χ0v) is 11.7. The molecule has 5 heteroatoms. The summed E-state index contributed by atoms with van der Waals surface area (Å²) < 4.78 is 5.32. The Bertz CT molecular complexity index is 560. The quantitative estimate of drug-likeness (QED) is 0.853. The van der Waals surface area contributed by atoms with Gasteiger partial charge in [0.2, 0.25) is 0 Å². The second-order valence-corrected chi connectivity index (χ2v) is 4.48. The first-order valence-corrected chi connectivity index (χ1v) is 6.43. The normalized spacial score (nSPS) is 10.3. The first-order valence-electron chi connectivity index (χ1n) is 6.05. The highest BCUT2D eigenvalue weighted by Gasteiger charge is 2.05. The summed E-state index contributed by atoms with van der Waals surface area (Å²) in [4.78, 5) is 8.10. The lowest BCUT2D eigenvalue weighted by Gasteiger charge is -2.10. The molecule has 4 nitrogen and oxygen atoms in total. The number of hydrogen-bond acceptors (Lipinski definition) is 4. The van der Waals surface area contributed by atoms with Crippen LogP contribution in [0, 0.1) is 6.92 Å². The van der Waals surface area contributed by atoms with Crippen LogP contribution in [-0.4, -0.2) is 23.6 Å². The highest BCUT2D eigenvalue weighted by molar-refractivity contribution is 6.30. The van der Waals surface area contributed by atoms with E-state index in [0.29, 0.717) is 5.15 Å². The van der Waals surface area contributed by atoms with E-state index in [2.05, 4.69) is 21.4 Å². The van der Waals surface area contributed by atoms with Crippen molar-refractivity contribution in [3.05, 3.63) is 46.9 Å². The van der Waals surface area contributed by atoms with E-state index >= 15 is 0 Å². The van der Waals surface area contributed by atoms with Crippen LogP contribution in [0.15, 0.2) is 30.6 Å². The van der Waals surface area contributed by atoms with Gasteiger partial charge in [0.1, 0.15) is 23.0 Å². The predicted molar refractivity (Wildman–Crippen MR) is 77.0 cm³/mol. The summed E-state index contributed by atoms with van der Waals surface area (Å²) >= 11 is 5.95. The Hall–Kier alpha value is -1.81. The summed E-state index contributed by atoms with van der Waals surface area (Å²) in [5, 5.41) is 3.74. The van der Waals surface area contributed by atoms with Crippen LogP contribution in [0.25, 0.3) is 0 Å². The summed E-state index contributed by atoms with van der Waals surface area (Å²) in [5.41, 5.74) is 2.03. The van der Waals surface area contributed by atoms with Crippen molar-refractivity contribution in [1.29, 1.82) is 0 Å². The minimum Gasteiger partial charge on any atom is -0.496 e. The van der Waals surface area contributed by atoms with E-state index in [9.17, 15) is 0 Å². The van der Waals surface area contributed by atoms with Crippen LogP contribution in [0.3, 0.4) is 0 Å². The average molecular weight is 278 g/mol. The smallest absolute Gasteiger partial charge is 0.137 e. The molecule has 0 fully saturated rings. The molecule has 2 aromatic rings. The second-order valence-electron chi connectivity index (χ2n) is 4.13. The van der Waals surface area contributed by atoms with Gasteiger partial charge in [-0.25, -0.2) is 9.97 Å². The molecule has 0 spiro atoms. The number of nitrogens with one attached hydrogen (secondary N) is 1. The Morgan fingerprint density at radius 3 is 2.84 bits per heavy atom. The molecular formula is C14H16ClN3O. The van der Waals surface area contributed by atoms with Gasteiger partial charge in [-0.05, 0) is 25.0 Å². The summed E-state index contributed by atoms with van der Waals surface area (Å²) in [7, 11) is 1.68. The van der Waals surface area contributed by atoms with E-state index in [-0.39, 0.29) is 0 Å². The van der Waals surface area contributed by atoms with Gasteiger partial charge in [0.25, 0.3) is 0 Å². The zero-order valence-electron chi connectivity index (χ0n) is 11.0. The third-order valence-corrected chi connectivity index (χ3v) is 3.28. The van der Waals surface area contributed by atoms with E-state index in [0.717, 1.165) is 35.7 Å². The molecule has 1 heterocycles. The van der Waals surface area contributed by atoms with Gasteiger partial charge in [0.15, 0.2) is 0 Å². The lowest BCUT2D eigenvalue weighted by Crippen LogP contribution is -2.08. The minimum atomic E-state index is 0.481. The Morgan fingerprint density at radius 2 is 2.05 bits per heavy atom. The molecule has 0 atom stereocenters. The number of aromatic nitrogens is 2. The van der Waals surface area contributed by atoms with E-state index in [1.807, 2.05) is 25.1 Å². The lowest BCUT2D eigenvalue weighted by atomic mass is 10.1. The Kier molecular flexibility index (Phi) is 4.58. The lowest BCUT2D eigenvalue weighted by molar-refractivity contribution is 0.410. The molecule has 0 saturated heterocycles. The fourth-order valence-electron chi connectivity index (χ4n) is 1.83. The van der Waals surface area contributed by atoms with E-state index in [4.69, 9.17) is 16.3 Å². The van der Waals surface area contributed by atoms with Crippen molar-refractivity contribution in [3.63, 3.8) is 0 Å². The molecule has 0 unspecified atom stereocenters. The number of halogens is 1. The Morgan fingerprint density at radius 1 is 1.26 bits per heavy atom. The summed E-state index contributed by atoms with van der Waals surface area (Å²) in [6, 6.07) is 7.98. The van der Waals surface area contributed by atoms with Gasteiger partial charge in [-0.1, -0.05) is 29.8 Å². The highest BCUT2D eigenvalue weighted by Crippen LogP contribution is 2.20. The largest absolute Gasteiger partial charge is 0.496 e. The molecule has 0 aliphatic heterocycles. The molecule has 0 saturated carbocycles. The predicted octanol–water partition coefficient (Wildman–Crippen LogP) is 3.10. The maximum atomic E-state index is 5.95. The molecule has 1 N–H and O–H groups in total. The van der Waals surface area contributed by atoms with Crippen molar-refractivity contribution in [2.24, 2.45) is 0 Å². The topological polar surface area (TPSA) is 47.0 Å². The SMILES string of the molecule is COc1ccccc1CCNc1ncnc(Cl)c1C. The molecule has 1 aromatic heterocycles. The number of nitrogens with zero attached hydrogens (tertiary/aromatic N) is 2. The monoisotopic (exact) mass is 277 g/mol. The number of rotatable bonds is 5. The molecule has 0 bridgehead atoms. The number of methoxy groups -OCH3 is 1. The molecule has 100 valence electrons. The molecule has 0 amide bonds. The maximum Gasteiger partial charge on any atom is 0.137 e. The first-order chi connectivity index (χ1) is 9.22. The van der Waals surface area contributed by atoms with Crippen molar-refractivity contribution in [1.82, 2.24) is 9.97 Å². The van der Waals surface area contributed by atoms with Crippen LogP contribution in [0.1, 0.15) is 11.1 Å². The number of benzene rings is 1. The highest BCUT2D eigenvalue weighted by atomic mass is 35.5. The standard InChI is InChI=1S/C14H16ClN3O/c1-10-13(15)17-9-18-14(10)16-8-7-11-5-3-4-6-12(11)19-2/h3-6,9H,7-8H2,1-2H3,(H,16,17,18). The van der Waals surface area contributed by atoms with Crippen molar-refractivity contribution >= 4 is 17.4 Å². The van der Waals surface area contributed by atoms with Crippen molar-refractivity contribution in [2.45, 2.75) is 13.3 Å². The van der Waals surface area contributed by atoms with Crippen LogP contribution in [-0.2, 0) is 6.42 Å². The summed E-state index contributed by atoms with van der Waals surface area (Å²) in [5.74, 6) is 1.68. The number of anilines is 1. The summed E-state index contributed by atoms with van der Waals surface area (Å²) in [6.07, 6.45) is 2.31. The van der Waals surface area contributed by atoms with Crippen molar-refractivity contribution in [2.75, 3.05) is 19.0 Å². The molecular weight excluding hydrogens is 262 g/mol. The van der Waals surface area contributed by atoms with Crippen molar-refractivity contribution < 1.29 is 4.74 Å². The van der Waals surface area contributed by atoms with Gasteiger partial charge in [0, 0.05) is 12.1 Å². The molecule has 0 aliphatic carbocycles. The Balaban J connectivity index is 1.98. The molecule has 0 aliphatic rings. The van der Waals surface area contributed by atoms with Gasteiger partial charge in [-0.3, -0.25) is 0 Å². The van der Waals surface area contributed by atoms with Gasteiger partial charge in [-0.2, -0.15) is 0 Å². The second kappa shape index (κ2) is 6.38. The van der Waals surface area contributed by atoms with Gasteiger partial charge in [-0.15, -0.1) is 0 Å². The third kappa shape index (κ3) is 3.35. The molecule has 19 heavy (non-hydrogen) atoms. The van der Waals surface area contributed by atoms with Gasteiger partial charge >= 0.3 is 0 Å². The van der Waals surface area contributed by atoms with Crippen LogP contribution < -0.4 is 10.1 Å². The van der Waals surface area contributed by atoms with Gasteiger partial charge < -0.3 is 10.1 Å². The number of hydrogen-bond donors (Lipinski definition) is 1. The minimum absolute atomic E-state index is 0.481. The summed E-state index contributed by atoms with van der Waals surface area (Å²) in [6.45, 7) is 2.66. The average Bonchev–Trinajstić information content (AvgIpc) is 2.44. The first kappa shape index (κ1) is 13.6. The fourth-order valence-corrected chi connectivity index (χ4v) is 1.97. The third-order valence-electron chi connectivity index (χ3n) is 2.90. The van der Waals surface area contributed by atoms with E-state index < -0.39 is 0 Å². The fraction of sp³-hybridized carbons (Fsp3) is 0.286. The van der Waals surface area contributed by atoms with Crippen LogP contribution in [0.5, 0.6) is 5.75 Å². The van der Waals surface area contributed by atoms with Crippen LogP contribution in [0.4, 0.5) is 5.82 Å². The zero-order chi connectivity index (χ0) is 13.7. The molecule has 0 radical (unpaired) electrons. The van der Waals surface area contributed by atoms with Crippen LogP contribution in [0.2, 0.25) is 5.15 Å². The molecule has 1 aromatic carbocycles. The number of para-hydroxylation sites is 1. The number of ether oxygens (including phenoxy) is 1.